The molecule has 1 saturated heterocycles. The van der Waals surface area contributed by atoms with Crippen molar-refractivity contribution in [1.82, 2.24) is 5.32 Å². The Hall–Kier alpha value is -0.420. The van der Waals surface area contributed by atoms with Crippen molar-refractivity contribution in [1.29, 1.82) is 0 Å². The summed E-state index contributed by atoms with van der Waals surface area (Å²) in [6.45, 7) is 5.49. The SMILES string of the molecule is CC1(CNCc2ccsc2)COCC1N. The zero-order valence-corrected chi connectivity index (χ0v) is 9.85. The van der Waals surface area contributed by atoms with Gasteiger partial charge in [-0.1, -0.05) is 6.92 Å². The average Bonchev–Trinajstić information content (AvgIpc) is 2.79. The van der Waals surface area contributed by atoms with Crippen LogP contribution in [0.5, 0.6) is 0 Å². The smallest absolute Gasteiger partial charge is 0.0624 e. The van der Waals surface area contributed by atoms with Crippen LogP contribution in [-0.2, 0) is 11.3 Å². The van der Waals surface area contributed by atoms with Gasteiger partial charge in [-0.15, -0.1) is 0 Å². The summed E-state index contributed by atoms with van der Waals surface area (Å²) in [7, 11) is 0. The zero-order valence-electron chi connectivity index (χ0n) is 9.03. The lowest BCUT2D eigenvalue weighted by atomic mass is 9.86. The van der Waals surface area contributed by atoms with Crippen LogP contribution < -0.4 is 11.1 Å². The molecule has 3 nitrogen and oxygen atoms in total. The molecule has 2 rings (SSSR count). The van der Waals surface area contributed by atoms with Crippen molar-refractivity contribution >= 4 is 11.3 Å². The summed E-state index contributed by atoms with van der Waals surface area (Å²) in [5.74, 6) is 0. The van der Waals surface area contributed by atoms with Crippen molar-refractivity contribution in [3.63, 3.8) is 0 Å². The van der Waals surface area contributed by atoms with E-state index < -0.39 is 0 Å². The fourth-order valence-corrected chi connectivity index (χ4v) is 2.46. The molecule has 0 radical (unpaired) electrons. The van der Waals surface area contributed by atoms with E-state index in [0.717, 1.165) is 19.7 Å². The molecule has 15 heavy (non-hydrogen) atoms. The van der Waals surface area contributed by atoms with Gasteiger partial charge < -0.3 is 15.8 Å². The maximum absolute atomic E-state index is 6.01. The molecule has 0 spiro atoms. The Morgan fingerprint density at radius 3 is 3.20 bits per heavy atom. The second-order valence-corrected chi connectivity index (χ2v) is 5.29. The molecule has 0 amide bonds. The fraction of sp³-hybridized carbons (Fsp3) is 0.636. The van der Waals surface area contributed by atoms with Crippen LogP contribution in [-0.4, -0.2) is 25.8 Å². The molecule has 1 aliphatic heterocycles. The minimum absolute atomic E-state index is 0.0933. The van der Waals surface area contributed by atoms with E-state index in [9.17, 15) is 0 Å². The third-order valence-electron chi connectivity index (χ3n) is 3.06. The molecular weight excluding hydrogens is 208 g/mol. The van der Waals surface area contributed by atoms with Gasteiger partial charge in [-0.25, -0.2) is 0 Å². The van der Waals surface area contributed by atoms with Crippen LogP contribution in [0.4, 0.5) is 0 Å². The average molecular weight is 226 g/mol. The van der Waals surface area contributed by atoms with Crippen molar-refractivity contribution in [2.45, 2.75) is 19.5 Å². The Balaban J connectivity index is 1.78. The molecule has 1 aromatic heterocycles. The summed E-state index contributed by atoms with van der Waals surface area (Å²) in [6, 6.07) is 2.30. The molecule has 1 aliphatic rings. The van der Waals surface area contributed by atoms with Crippen molar-refractivity contribution in [2.24, 2.45) is 11.1 Å². The normalized spacial score (nSPS) is 30.9. The number of hydrogen-bond donors (Lipinski definition) is 2. The maximum atomic E-state index is 6.01. The highest BCUT2D eigenvalue weighted by molar-refractivity contribution is 7.07. The molecule has 0 saturated carbocycles. The van der Waals surface area contributed by atoms with Crippen LogP contribution in [0.1, 0.15) is 12.5 Å². The maximum Gasteiger partial charge on any atom is 0.0624 e. The first-order chi connectivity index (χ1) is 7.21. The van der Waals surface area contributed by atoms with Crippen LogP contribution in [0, 0.1) is 5.41 Å². The molecule has 84 valence electrons. The van der Waals surface area contributed by atoms with E-state index in [1.165, 1.54) is 5.56 Å². The van der Waals surface area contributed by atoms with Crippen LogP contribution in [0.2, 0.25) is 0 Å². The van der Waals surface area contributed by atoms with Gasteiger partial charge in [-0.05, 0) is 22.4 Å². The van der Waals surface area contributed by atoms with Gasteiger partial charge in [0.15, 0.2) is 0 Å². The van der Waals surface area contributed by atoms with Gasteiger partial charge >= 0.3 is 0 Å². The topological polar surface area (TPSA) is 47.3 Å². The van der Waals surface area contributed by atoms with E-state index in [1.54, 1.807) is 11.3 Å². The van der Waals surface area contributed by atoms with Gasteiger partial charge in [-0.2, -0.15) is 11.3 Å². The molecule has 1 fully saturated rings. The third kappa shape index (κ3) is 2.58. The van der Waals surface area contributed by atoms with Crippen LogP contribution in [0.3, 0.4) is 0 Å². The van der Waals surface area contributed by atoms with Gasteiger partial charge in [0.2, 0.25) is 0 Å². The summed E-state index contributed by atoms with van der Waals surface area (Å²) in [5, 5.41) is 7.71. The monoisotopic (exact) mass is 226 g/mol. The molecule has 4 heteroatoms. The number of hydrogen-bond acceptors (Lipinski definition) is 4. The standard InChI is InChI=1S/C11H18N2OS/c1-11(8-14-5-10(11)12)7-13-4-9-2-3-15-6-9/h2-3,6,10,13H,4-5,7-8,12H2,1H3. The Bertz CT molecular complexity index is 302. The molecule has 1 aromatic rings. The first-order valence-electron chi connectivity index (χ1n) is 5.26. The van der Waals surface area contributed by atoms with Crippen molar-refractivity contribution in [2.75, 3.05) is 19.8 Å². The predicted molar refractivity (Wildman–Crippen MR) is 62.9 cm³/mol. The first kappa shape index (κ1) is 11.1. The number of ether oxygens (including phenoxy) is 1. The summed E-state index contributed by atoms with van der Waals surface area (Å²) >= 11 is 1.73. The minimum Gasteiger partial charge on any atom is -0.379 e. The van der Waals surface area contributed by atoms with Gasteiger partial charge in [-0.3, -0.25) is 0 Å². The summed E-state index contributed by atoms with van der Waals surface area (Å²) in [5.41, 5.74) is 7.45. The lowest BCUT2D eigenvalue weighted by Gasteiger charge is -2.27. The number of rotatable bonds is 4. The van der Waals surface area contributed by atoms with Gasteiger partial charge in [0, 0.05) is 24.5 Å². The third-order valence-corrected chi connectivity index (χ3v) is 3.79. The van der Waals surface area contributed by atoms with Gasteiger partial charge in [0.25, 0.3) is 0 Å². The Morgan fingerprint density at radius 2 is 2.60 bits per heavy atom. The number of nitrogens with one attached hydrogen (secondary N) is 1. The van der Waals surface area contributed by atoms with E-state index in [4.69, 9.17) is 10.5 Å². The highest BCUT2D eigenvalue weighted by Crippen LogP contribution is 2.25. The lowest BCUT2D eigenvalue weighted by Crippen LogP contribution is -2.45. The Labute approximate surface area is 94.6 Å². The van der Waals surface area contributed by atoms with E-state index in [0.29, 0.717) is 6.61 Å². The largest absolute Gasteiger partial charge is 0.379 e. The van der Waals surface area contributed by atoms with E-state index in [1.807, 2.05) is 0 Å². The highest BCUT2D eigenvalue weighted by atomic mass is 32.1. The highest BCUT2D eigenvalue weighted by Gasteiger charge is 2.36. The Kier molecular flexibility index (Phi) is 3.41. The predicted octanol–water partition coefficient (Wildman–Crippen LogP) is 1.20. The number of nitrogens with two attached hydrogens (primary N) is 1. The lowest BCUT2D eigenvalue weighted by molar-refractivity contribution is 0.158. The van der Waals surface area contributed by atoms with Crippen LogP contribution >= 0.6 is 11.3 Å². The second kappa shape index (κ2) is 4.61. The zero-order chi connectivity index (χ0) is 10.7. The second-order valence-electron chi connectivity index (χ2n) is 4.51. The molecule has 2 unspecified atom stereocenters. The molecular formula is C11H18N2OS. The van der Waals surface area contributed by atoms with Crippen LogP contribution in [0.25, 0.3) is 0 Å². The Morgan fingerprint density at radius 1 is 1.73 bits per heavy atom. The van der Waals surface area contributed by atoms with Crippen molar-refractivity contribution < 1.29 is 4.74 Å². The van der Waals surface area contributed by atoms with Crippen LogP contribution in [0.15, 0.2) is 16.8 Å². The quantitative estimate of drug-likeness (QED) is 0.811. The van der Waals surface area contributed by atoms with E-state index in [-0.39, 0.29) is 11.5 Å². The molecule has 2 atom stereocenters. The summed E-state index contributed by atoms with van der Waals surface area (Å²) in [4.78, 5) is 0. The van der Waals surface area contributed by atoms with Crippen molar-refractivity contribution in [3.05, 3.63) is 22.4 Å². The minimum atomic E-state index is 0.0933. The van der Waals surface area contributed by atoms with Crippen molar-refractivity contribution in [3.8, 4) is 0 Å². The van der Waals surface area contributed by atoms with Gasteiger partial charge in [0.05, 0.1) is 13.2 Å². The molecule has 0 aromatic carbocycles. The summed E-state index contributed by atoms with van der Waals surface area (Å²) < 4.78 is 5.40. The van der Waals surface area contributed by atoms with E-state index in [2.05, 4.69) is 29.1 Å². The first-order valence-corrected chi connectivity index (χ1v) is 6.20. The fourth-order valence-electron chi connectivity index (χ4n) is 1.80. The molecule has 2 heterocycles. The molecule has 0 bridgehead atoms. The molecule has 0 aliphatic carbocycles. The van der Waals surface area contributed by atoms with Gasteiger partial charge in [0.1, 0.15) is 0 Å². The number of thiophene rings is 1. The summed E-state index contributed by atoms with van der Waals surface area (Å²) in [6.07, 6.45) is 0. The molecule has 3 N–H and O–H groups in total. The van der Waals surface area contributed by atoms with E-state index >= 15 is 0 Å².